The summed E-state index contributed by atoms with van der Waals surface area (Å²) >= 11 is 0. The Bertz CT molecular complexity index is 668. The lowest BCUT2D eigenvalue weighted by atomic mass is 9.94. The van der Waals surface area contributed by atoms with Gasteiger partial charge in [0.25, 0.3) is 0 Å². The molecule has 1 aromatic carbocycles. The van der Waals surface area contributed by atoms with Crippen molar-refractivity contribution in [2.75, 3.05) is 19.8 Å². The minimum atomic E-state index is -3.94. The van der Waals surface area contributed by atoms with Crippen molar-refractivity contribution in [3.63, 3.8) is 0 Å². The molecule has 0 amide bonds. The molecular weight excluding hydrogens is 417 g/mol. The molecule has 1 aliphatic carbocycles. The van der Waals surface area contributed by atoms with E-state index in [9.17, 15) is 9.36 Å². The highest BCUT2D eigenvalue weighted by Crippen LogP contribution is 2.52. The van der Waals surface area contributed by atoms with Crippen LogP contribution in [0.4, 0.5) is 0 Å². The van der Waals surface area contributed by atoms with Gasteiger partial charge in [0.1, 0.15) is 0 Å². The first kappa shape index (κ1) is 26.0. The van der Waals surface area contributed by atoms with Crippen molar-refractivity contribution in [3.8, 4) is 0 Å². The first-order valence-electron chi connectivity index (χ1n) is 11.6. The van der Waals surface area contributed by atoms with Crippen molar-refractivity contribution in [3.05, 3.63) is 35.9 Å². The summed E-state index contributed by atoms with van der Waals surface area (Å²) in [7, 11) is -3.94. The molecule has 2 atom stereocenters. The highest BCUT2D eigenvalue weighted by atomic mass is 31.2. The molecule has 1 aliphatic rings. The van der Waals surface area contributed by atoms with Crippen LogP contribution in [0.3, 0.4) is 0 Å². The molecule has 2 rings (SSSR count). The third-order valence-electron chi connectivity index (χ3n) is 5.32. The Labute approximate surface area is 186 Å². The van der Waals surface area contributed by atoms with E-state index in [-0.39, 0.29) is 25.9 Å². The van der Waals surface area contributed by atoms with Crippen molar-refractivity contribution in [2.24, 2.45) is 0 Å². The Morgan fingerprint density at radius 3 is 2.10 bits per heavy atom. The van der Waals surface area contributed by atoms with Crippen LogP contribution in [-0.2, 0) is 27.7 Å². The van der Waals surface area contributed by atoms with Crippen LogP contribution >= 0.6 is 7.82 Å². The van der Waals surface area contributed by atoms with Gasteiger partial charge < -0.3 is 10.1 Å². The van der Waals surface area contributed by atoms with Gasteiger partial charge in [-0.25, -0.2) is 9.36 Å². The van der Waals surface area contributed by atoms with Crippen molar-refractivity contribution in [1.29, 1.82) is 0 Å². The first-order valence-corrected chi connectivity index (χ1v) is 13.0. The van der Waals surface area contributed by atoms with E-state index in [1.54, 1.807) is 20.8 Å². The lowest BCUT2D eigenvalue weighted by Crippen LogP contribution is -2.44. The summed E-state index contributed by atoms with van der Waals surface area (Å²) in [5.41, 5.74) is 0.863. The molecule has 1 aromatic rings. The number of ether oxygens (including phenoxy) is 1. The Kier molecular flexibility index (Phi) is 11.8. The third-order valence-corrected chi connectivity index (χ3v) is 6.95. The molecule has 0 bridgehead atoms. The van der Waals surface area contributed by atoms with Crippen molar-refractivity contribution < 1.29 is 27.7 Å². The highest BCUT2D eigenvalue weighted by molar-refractivity contribution is 7.48. The summed E-state index contributed by atoms with van der Waals surface area (Å²) in [6, 6.07) is 9.29. The smallest absolute Gasteiger partial charge is 0.464 e. The Morgan fingerprint density at radius 2 is 1.55 bits per heavy atom. The number of phosphoric ester groups is 1. The normalized spacial score (nSPS) is 18.0. The number of phosphoric acid groups is 1. The summed E-state index contributed by atoms with van der Waals surface area (Å²) in [6.45, 7) is 5.61. The van der Waals surface area contributed by atoms with E-state index in [0.29, 0.717) is 0 Å². The fraction of sp³-hybridized carbons (Fsp3) is 0.696. The monoisotopic (exact) mass is 455 g/mol. The molecule has 1 N–H and O–H groups in total. The lowest BCUT2D eigenvalue weighted by Gasteiger charge is -2.33. The number of carbonyl (C=O) groups is 1. The van der Waals surface area contributed by atoms with Crippen LogP contribution in [0.25, 0.3) is 0 Å². The standard InChI is InChI=1S/C23H38NO6P/c1-4-27-23(25)22(30-31(26,28-5-2)29-6-3)21(19-15-11-10-12-16-19)24-20-17-13-8-7-9-14-18-20/h10-12,15-16,20-22,24H,4-9,13-14,17-18H2,1-3H3/t21-,22-/m1/s1. The fourth-order valence-electron chi connectivity index (χ4n) is 3.91. The molecule has 7 nitrogen and oxygen atoms in total. The van der Waals surface area contributed by atoms with Gasteiger partial charge in [0.2, 0.25) is 0 Å². The average molecular weight is 456 g/mol. The molecule has 0 spiro atoms. The first-order chi connectivity index (χ1) is 15.0. The second-order valence-corrected chi connectivity index (χ2v) is 9.28. The summed E-state index contributed by atoms with van der Waals surface area (Å²) in [6.07, 6.45) is 6.86. The molecule has 0 unspecified atom stereocenters. The Morgan fingerprint density at radius 1 is 0.968 bits per heavy atom. The third kappa shape index (κ3) is 8.66. The zero-order chi connectivity index (χ0) is 22.5. The summed E-state index contributed by atoms with van der Waals surface area (Å²) in [5, 5.41) is 3.63. The van der Waals surface area contributed by atoms with Crippen LogP contribution in [0.1, 0.15) is 77.3 Å². The molecule has 0 heterocycles. The molecule has 8 heteroatoms. The maximum Gasteiger partial charge on any atom is 0.475 e. The maximum absolute atomic E-state index is 13.2. The number of esters is 1. The molecule has 0 radical (unpaired) electrons. The van der Waals surface area contributed by atoms with Gasteiger partial charge in [0.15, 0.2) is 6.10 Å². The number of hydrogen-bond acceptors (Lipinski definition) is 7. The summed E-state index contributed by atoms with van der Waals surface area (Å²) < 4.78 is 34.9. The van der Waals surface area contributed by atoms with Crippen LogP contribution in [0, 0.1) is 0 Å². The Balaban J connectivity index is 2.36. The van der Waals surface area contributed by atoms with Gasteiger partial charge in [-0.05, 0) is 39.2 Å². The molecule has 1 fully saturated rings. The zero-order valence-corrected chi connectivity index (χ0v) is 20.0. The van der Waals surface area contributed by atoms with Gasteiger partial charge in [-0.15, -0.1) is 0 Å². The van der Waals surface area contributed by atoms with Gasteiger partial charge in [0, 0.05) is 6.04 Å². The van der Waals surface area contributed by atoms with E-state index in [1.165, 1.54) is 19.3 Å². The molecule has 0 aromatic heterocycles. The number of nitrogens with one attached hydrogen (secondary N) is 1. The van der Waals surface area contributed by atoms with Gasteiger partial charge in [-0.3, -0.25) is 13.6 Å². The minimum Gasteiger partial charge on any atom is -0.464 e. The van der Waals surface area contributed by atoms with Crippen LogP contribution in [0.5, 0.6) is 0 Å². The quantitative estimate of drug-likeness (QED) is 0.326. The van der Waals surface area contributed by atoms with E-state index in [2.05, 4.69) is 5.32 Å². The van der Waals surface area contributed by atoms with Crippen LogP contribution in [0.15, 0.2) is 30.3 Å². The van der Waals surface area contributed by atoms with E-state index in [1.807, 2.05) is 30.3 Å². The minimum absolute atomic E-state index is 0.138. The number of hydrogen-bond donors (Lipinski definition) is 1. The number of carbonyl (C=O) groups excluding carboxylic acids is 1. The summed E-state index contributed by atoms with van der Waals surface area (Å²) in [4.78, 5) is 13.0. The van der Waals surface area contributed by atoms with E-state index >= 15 is 0 Å². The van der Waals surface area contributed by atoms with Gasteiger partial charge in [0.05, 0.1) is 25.9 Å². The maximum atomic E-state index is 13.2. The molecular formula is C23H38NO6P. The van der Waals surface area contributed by atoms with Gasteiger partial charge in [-0.2, -0.15) is 0 Å². The molecule has 0 saturated heterocycles. The molecule has 1 saturated carbocycles. The molecule has 31 heavy (non-hydrogen) atoms. The van der Waals surface area contributed by atoms with Crippen LogP contribution < -0.4 is 5.32 Å². The van der Waals surface area contributed by atoms with Gasteiger partial charge in [-0.1, -0.05) is 62.4 Å². The number of benzene rings is 1. The zero-order valence-electron chi connectivity index (χ0n) is 19.1. The predicted molar refractivity (Wildman–Crippen MR) is 121 cm³/mol. The second kappa shape index (κ2) is 14.0. The molecule has 0 aliphatic heterocycles. The lowest BCUT2D eigenvalue weighted by molar-refractivity contribution is -0.154. The largest absolute Gasteiger partial charge is 0.475 e. The SMILES string of the molecule is CCOC(=O)[C@H](OP(=O)(OCC)OCC)[C@H](NC1CCCCCCC1)c1ccccc1. The average Bonchev–Trinajstić information content (AvgIpc) is 2.73. The van der Waals surface area contributed by atoms with Crippen molar-refractivity contribution >= 4 is 13.8 Å². The predicted octanol–water partition coefficient (Wildman–Crippen LogP) is 5.56. The summed E-state index contributed by atoms with van der Waals surface area (Å²) in [5.74, 6) is -0.589. The van der Waals surface area contributed by atoms with E-state index < -0.39 is 25.9 Å². The second-order valence-electron chi connectivity index (χ2n) is 7.66. The van der Waals surface area contributed by atoms with Crippen molar-refractivity contribution in [2.45, 2.75) is 83.9 Å². The molecule has 176 valence electrons. The topological polar surface area (TPSA) is 83.1 Å². The fourth-order valence-corrected chi connectivity index (χ4v) is 5.23. The highest BCUT2D eigenvalue weighted by Gasteiger charge is 2.41. The van der Waals surface area contributed by atoms with Crippen LogP contribution in [-0.4, -0.2) is 37.9 Å². The van der Waals surface area contributed by atoms with E-state index in [4.69, 9.17) is 18.3 Å². The van der Waals surface area contributed by atoms with E-state index in [0.717, 1.165) is 31.2 Å². The Hall–Kier alpha value is -1.24. The van der Waals surface area contributed by atoms with Crippen molar-refractivity contribution in [1.82, 2.24) is 5.32 Å². The number of rotatable bonds is 12. The van der Waals surface area contributed by atoms with Crippen LogP contribution in [0.2, 0.25) is 0 Å². The van der Waals surface area contributed by atoms with Gasteiger partial charge >= 0.3 is 13.8 Å².